The number of nitrogens with one attached hydrogen (secondary N) is 1. The van der Waals surface area contributed by atoms with Crippen molar-refractivity contribution in [1.82, 2.24) is 24.3 Å². The summed E-state index contributed by atoms with van der Waals surface area (Å²) in [6, 6.07) is 14.3. The quantitative estimate of drug-likeness (QED) is 0.215. The van der Waals surface area contributed by atoms with Crippen molar-refractivity contribution in [3.63, 3.8) is 0 Å². The smallest absolute Gasteiger partial charge is 0.322 e. The van der Waals surface area contributed by atoms with Crippen LogP contribution in [0.25, 0.3) is 10.9 Å². The molecule has 0 aliphatic carbocycles. The van der Waals surface area contributed by atoms with E-state index in [0.29, 0.717) is 10.9 Å². The zero-order chi connectivity index (χ0) is 35.8. The average molecular weight is 723 g/mol. The van der Waals surface area contributed by atoms with E-state index in [1.807, 2.05) is 29.6 Å². The molecule has 1 spiro atoms. The molecule has 3 aliphatic rings. The van der Waals surface area contributed by atoms with Gasteiger partial charge in [-0.3, -0.25) is 24.5 Å². The van der Waals surface area contributed by atoms with E-state index in [1.54, 1.807) is 17.9 Å². The minimum atomic E-state index is -1.21. The molecule has 3 aliphatic heterocycles. The van der Waals surface area contributed by atoms with Crippen molar-refractivity contribution in [2.24, 2.45) is 28.2 Å². The molecule has 3 N–H and O–H groups in total. The third-order valence-electron chi connectivity index (χ3n) is 9.32. The van der Waals surface area contributed by atoms with Crippen molar-refractivity contribution < 1.29 is 13.8 Å². The topological polar surface area (TPSA) is 145 Å². The number of fused-ring (bicyclic) bond motifs is 1. The van der Waals surface area contributed by atoms with Crippen LogP contribution in [0, 0.1) is 5.41 Å². The number of hydrogen-bond acceptors (Lipinski definition) is 9. The van der Waals surface area contributed by atoms with Gasteiger partial charge >= 0.3 is 6.03 Å². The Labute approximate surface area is 301 Å². The summed E-state index contributed by atoms with van der Waals surface area (Å²) in [5, 5.41) is 8.61. The molecule has 0 radical (unpaired) electrons. The fourth-order valence-electron chi connectivity index (χ4n) is 7.02. The number of anilines is 2. The van der Waals surface area contributed by atoms with E-state index < -0.39 is 11.0 Å². The molecule has 3 saturated heterocycles. The second-order valence-corrected chi connectivity index (χ2v) is 14.8. The largest absolute Gasteiger partial charge is 0.370 e. The van der Waals surface area contributed by atoms with Crippen LogP contribution in [0.5, 0.6) is 0 Å². The van der Waals surface area contributed by atoms with Crippen molar-refractivity contribution in [2.45, 2.75) is 36.7 Å². The molecule has 2 amide bonds. The number of urea groups is 1. The molecule has 4 heterocycles. The Morgan fingerprint density at radius 1 is 1.18 bits per heavy atom. The van der Waals surface area contributed by atoms with Gasteiger partial charge in [-0.25, -0.2) is 13.3 Å². The number of aryl methyl sites for hydroxylation is 1. The number of piperidine rings is 1. The van der Waals surface area contributed by atoms with Crippen LogP contribution in [-0.4, -0.2) is 114 Å². The third kappa shape index (κ3) is 8.32. The number of nitrogens with zero attached hydrogens (tertiary/aromatic N) is 8. The number of hydrogen-bond donors (Lipinski definition) is 2. The highest BCUT2D eigenvalue weighted by molar-refractivity contribution is 7.82. The number of allylic oxidation sites excluding steroid dienone is 1. The number of amides is 2. The van der Waals surface area contributed by atoms with Crippen LogP contribution in [0.4, 0.5) is 16.3 Å². The molecule has 3 aromatic rings. The highest BCUT2D eigenvalue weighted by atomic mass is 35.5. The van der Waals surface area contributed by atoms with Crippen LogP contribution in [0.15, 0.2) is 68.6 Å². The zero-order valence-corrected chi connectivity index (χ0v) is 30.6. The lowest BCUT2D eigenvalue weighted by atomic mass is 9.72. The van der Waals surface area contributed by atoms with Gasteiger partial charge in [-0.2, -0.15) is 5.10 Å². The lowest BCUT2D eigenvalue weighted by Crippen LogP contribution is -2.71. The van der Waals surface area contributed by atoms with Gasteiger partial charge < -0.3 is 20.7 Å². The van der Waals surface area contributed by atoms with Gasteiger partial charge in [0, 0.05) is 102 Å². The van der Waals surface area contributed by atoms with E-state index >= 15 is 0 Å². The molecule has 268 valence electrons. The van der Waals surface area contributed by atoms with Gasteiger partial charge in [0.1, 0.15) is 17.3 Å². The number of benzene rings is 2. The fraction of sp³-hybridized carbons (Fsp3) is 0.457. The first kappa shape index (κ1) is 37.3. The van der Waals surface area contributed by atoms with Crippen LogP contribution in [-0.2, 0) is 29.4 Å². The predicted molar refractivity (Wildman–Crippen MR) is 203 cm³/mol. The number of aldehydes is 1. The molecule has 1 unspecified atom stereocenters. The maximum absolute atomic E-state index is 13.4. The number of likely N-dealkylation sites (tertiary alicyclic amines) is 1. The number of aromatic nitrogens is 2. The van der Waals surface area contributed by atoms with Crippen molar-refractivity contribution in [2.75, 3.05) is 69.7 Å². The molecule has 2 aromatic carbocycles. The van der Waals surface area contributed by atoms with E-state index in [0.717, 1.165) is 86.4 Å². The lowest BCUT2D eigenvalue weighted by Gasteiger charge is -2.61. The molecular formula is C35H47ClN10O3S. The second-order valence-electron chi connectivity index (χ2n) is 12.8. The van der Waals surface area contributed by atoms with Gasteiger partial charge in [0.25, 0.3) is 0 Å². The first-order chi connectivity index (χ1) is 24.2. The SMILES string of the molecule is C=N/C=C(/Cl)C=NC1CCN(S(=O)c2cccc(CN3CC4(C3)CN(c3ccc5c(N(CCC=O)C(=O)NC)nn(C)c5c3)C4)c2)CC1.CN. The summed E-state index contributed by atoms with van der Waals surface area (Å²) in [6.45, 7) is 9.98. The first-order valence-corrected chi connectivity index (χ1v) is 18.3. The molecule has 1 atom stereocenters. The Kier molecular flexibility index (Phi) is 12.6. The molecule has 0 bridgehead atoms. The maximum atomic E-state index is 13.4. The Bertz CT molecular complexity index is 1760. The van der Waals surface area contributed by atoms with Gasteiger partial charge in [-0.15, -0.1) is 0 Å². The number of aliphatic imine (C=N–C) groups is 2. The van der Waals surface area contributed by atoms with Crippen LogP contribution in [0.1, 0.15) is 24.8 Å². The van der Waals surface area contributed by atoms with Gasteiger partial charge in [-0.05, 0) is 62.5 Å². The van der Waals surface area contributed by atoms with Crippen LogP contribution >= 0.6 is 11.6 Å². The number of carbonyl (C=O) groups excluding carboxylic acids is 2. The van der Waals surface area contributed by atoms with Crippen molar-refractivity contribution >= 4 is 70.2 Å². The average Bonchev–Trinajstić information content (AvgIpc) is 3.43. The Balaban J connectivity index is 0.00000239. The number of rotatable bonds is 12. The summed E-state index contributed by atoms with van der Waals surface area (Å²) in [6.07, 6.45) is 5.80. The number of carbonyl (C=O) groups is 2. The minimum absolute atomic E-state index is 0.162. The highest BCUT2D eigenvalue weighted by Crippen LogP contribution is 2.43. The van der Waals surface area contributed by atoms with Crippen molar-refractivity contribution in [1.29, 1.82) is 0 Å². The molecule has 1 aromatic heterocycles. The third-order valence-corrected chi connectivity index (χ3v) is 11.0. The van der Waals surface area contributed by atoms with Gasteiger partial charge in [-0.1, -0.05) is 23.7 Å². The number of nitrogens with two attached hydrogens (primary N) is 1. The second kappa shape index (κ2) is 16.8. The standard InChI is InChI=1S/C34H42ClN9O3S.CH5N/c1-36-18-26(35)19-38-27-10-13-43(14-11-27)48(47)29-7-4-6-25(16-29)20-41-21-34(22-41)23-42(24-34)28-8-9-30-31(17-28)40(3)39-32(30)44(12-5-15-45)33(46)37-2;1-2/h4,6-9,15-19,27H,1,5,10-14,20-24H2,2-3H3,(H,37,46);2H2,1H3/b26-18+,38-19?;. The van der Waals surface area contributed by atoms with E-state index in [1.165, 1.54) is 23.7 Å². The minimum Gasteiger partial charge on any atom is -0.370 e. The number of halogens is 1. The summed E-state index contributed by atoms with van der Waals surface area (Å²) in [7, 11) is 3.74. The molecule has 6 rings (SSSR count). The van der Waals surface area contributed by atoms with E-state index in [-0.39, 0.29) is 30.5 Å². The summed E-state index contributed by atoms with van der Waals surface area (Å²) in [4.78, 5) is 39.0. The normalized spacial score (nSPS) is 18.7. The van der Waals surface area contributed by atoms with Crippen molar-refractivity contribution in [3.05, 3.63) is 59.3 Å². The molecule has 50 heavy (non-hydrogen) atoms. The molecule has 0 saturated carbocycles. The lowest BCUT2D eigenvalue weighted by molar-refractivity contribution is -0.107. The predicted octanol–water partition coefficient (Wildman–Crippen LogP) is 3.54. The van der Waals surface area contributed by atoms with Crippen LogP contribution < -0.4 is 20.9 Å². The van der Waals surface area contributed by atoms with E-state index in [4.69, 9.17) is 11.6 Å². The Morgan fingerprint density at radius 2 is 1.92 bits per heavy atom. The molecule has 13 nitrogen and oxygen atoms in total. The fourth-order valence-corrected chi connectivity index (χ4v) is 8.43. The summed E-state index contributed by atoms with van der Waals surface area (Å²) in [5.41, 5.74) is 8.04. The van der Waals surface area contributed by atoms with Gasteiger partial charge in [0.15, 0.2) is 5.82 Å². The zero-order valence-electron chi connectivity index (χ0n) is 29.0. The van der Waals surface area contributed by atoms with Gasteiger partial charge in [0.2, 0.25) is 0 Å². The first-order valence-electron chi connectivity index (χ1n) is 16.8. The highest BCUT2D eigenvalue weighted by Gasteiger charge is 2.51. The van der Waals surface area contributed by atoms with E-state index in [9.17, 15) is 13.8 Å². The van der Waals surface area contributed by atoms with Crippen LogP contribution in [0.3, 0.4) is 0 Å². The maximum Gasteiger partial charge on any atom is 0.322 e. The molecular weight excluding hydrogens is 676 g/mol. The summed E-state index contributed by atoms with van der Waals surface area (Å²) >= 11 is 6.03. The summed E-state index contributed by atoms with van der Waals surface area (Å²) < 4.78 is 17.3. The Hall–Kier alpha value is -3.95. The van der Waals surface area contributed by atoms with Gasteiger partial charge in [0.05, 0.1) is 21.5 Å². The Morgan fingerprint density at radius 3 is 2.60 bits per heavy atom. The summed E-state index contributed by atoms with van der Waals surface area (Å²) in [5.74, 6) is 0.550. The van der Waals surface area contributed by atoms with Crippen LogP contribution in [0.2, 0.25) is 0 Å². The van der Waals surface area contributed by atoms with E-state index in [2.05, 4.69) is 66.9 Å². The molecule has 15 heteroatoms. The monoisotopic (exact) mass is 722 g/mol. The molecule has 3 fully saturated rings. The van der Waals surface area contributed by atoms with Crippen molar-refractivity contribution in [3.8, 4) is 0 Å².